The highest BCUT2D eigenvalue weighted by Crippen LogP contribution is 2.45. The maximum Gasteiger partial charge on any atom is 0.0468 e. The summed E-state index contributed by atoms with van der Waals surface area (Å²) in [5.74, 6) is 0.228. The molecule has 2 heteroatoms. The van der Waals surface area contributed by atoms with Crippen molar-refractivity contribution in [2.75, 3.05) is 9.80 Å². The van der Waals surface area contributed by atoms with Gasteiger partial charge in [-0.3, -0.25) is 0 Å². The van der Waals surface area contributed by atoms with Gasteiger partial charge in [0.1, 0.15) is 0 Å². The Morgan fingerprint density at radius 3 is 1.26 bits per heavy atom. The number of allylic oxidation sites excluding steroid dienone is 5. The lowest BCUT2D eigenvalue weighted by molar-refractivity contribution is 0.658. The van der Waals surface area contributed by atoms with Crippen molar-refractivity contribution in [1.29, 1.82) is 0 Å². The second-order valence-electron chi connectivity index (χ2n) is 15.8. The molecular formula is C59H46N2. The largest absolute Gasteiger partial charge is 0.314 e. The summed E-state index contributed by atoms with van der Waals surface area (Å²) in [5, 5.41) is 4.93. The molecule has 0 aliphatic heterocycles. The molecule has 0 spiro atoms. The lowest BCUT2D eigenvalue weighted by Gasteiger charge is -2.34. The van der Waals surface area contributed by atoms with Gasteiger partial charge in [-0.25, -0.2) is 0 Å². The second kappa shape index (κ2) is 16.9. The zero-order chi connectivity index (χ0) is 41.0. The van der Waals surface area contributed by atoms with Crippen molar-refractivity contribution < 1.29 is 0 Å². The summed E-state index contributed by atoms with van der Waals surface area (Å²) in [6, 6.07) is 83.2. The molecule has 0 bridgehead atoms. The van der Waals surface area contributed by atoms with Gasteiger partial charge in [0.15, 0.2) is 0 Å². The monoisotopic (exact) mass is 782 g/mol. The van der Waals surface area contributed by atoms with Gasteiger partial charge in [-0.05, 0) is 128 Å². The van der Waals surface area contributed by atoms with E-state index in [2.05, 4.69) is 259 Å². The van der Waals surface area contributed by atoms with Crippen LogP contribution in [0.15, 0.2) is 254 Å². The fourth-order valence-corrected chi connectivity index (χ4v) is 8.95. The molecule has 0 radical (unpaired) electrons. The van der Waals surface area contributed by atoms with Crippen molar-refractivity contribution in [3.05, 3.63) is 271 Å². The fourth-order valence-electron chi connectivity index (χ4n) is 8.95. The number of para-hydroxylation sites is 2. The summed E-state index contributed by atoms with van der Waals surface area (Å²) in [5.41, 5.74) is 14.3. The zero-order valence-corrected chi connectivity index (χ0v) is 34.3. The van der Waals surface area contributed by atoms with E-state index in [9.17, 15) is 0 Å². The van der Waals surface area contributed by atoms with Crippen LogP contribution in [0.25, 0.3) is 32.7 Å². The summed E-state index contributed by atoms with van der Waals surface area (Å²) in [7, 11) is 0. The molecule has 9 aromatic rings. The van der Waals surface area contributed by atoms with E-state index >= 15 is 0 Å². The minimum Gasteiger partial charge on any atom is -0.314 e. The summed E-state index contributed by atoms with van der Waals surface area (Å²) in [6.07, 6.45) is 5.62. The average Bonchev–Trinajstić information content (AvgIpc) is 3.33. The Bertz CT molecular complexity index is 3040. The Labute approximate surface area is 359 Å². The Morgan fingerprint density at radius 1 is 0.344 bits per heavy atom. The van der Waals surface area contributed by atoms with Crippen LogP contribution in [-0.2, 0) is 0 Å². The normalized spacial score (nSPS) is 14.2. The predicted molar refractivity (Wildman–Crippen MR) is 260 cm³/mol. The number of fused-ring (bicyclic) bond motifs is 2. The molecule has 1 atom stereocenters. The Hall–Kier alpha value is -7.68. The molecule has 1 unspecified atom stereocenters. The number of nitrogens with zero attached hydrogens (tertiary/aromatic N) is 2. The van der Waals surface area contributed by atoms with E-state index in [4.69, 9.17) is 0 Å². The Morgan fingerprint density at radius 2 is 0.738 bits per heavy atom. The van der Waals surface area contributed by atoms with Crippen molar-refractivity contribution in [3.63, 3.8) is 0 Å². The van der Waals surface area contributed by atoms with Crippen LogP contribution in [0.5, 0.6) is 0 Å². The molecule has 292 valence electrons. The van der Waals surface area contributed by atoms with Crippen LogP contribution in [0.4, 0.5) is 28.4 Å². The first-order chi connectivity index (χ1) is 30.2. The highest BCUT2D eigenvalue weighted by atomic mass is 15.2. The lowest BCUT2D eigenvalue weighted by atomic mass is 9.80. The second-order valence-corrected chi connectivity index (χ2v) is 15.8. The molecule has 2 nitrogen and oxygen atoms in total. The predicted octanol–water partition coefficient (Wildman–Crippen LogP) is 16.1. The first-order valence-electron chi connectivity index (χ1n) is 21.2. The SMILES string of the molecule is CC1CC(/C(=C(\c2ccccc2)c2ccc(N(c3ccccc3)c3ccc4ccccc4c3)cc2)c2ccccc2)=CC=C1N(c1ccccc1)c1ccc2ccccc2c1. The molecule has 0 aromatic heterocycles. The molecule has 1 aliphatic rings. The summed E-state index contributed by atoms with van der Waals surface area (Å²) in [6.45, 7) is 2.38. The Balaban J connectivity index is 1.12. The Kier molecular flexibility index (Phi) is 10.4. The molecule has 10 rings (SSSR count). The van der Waals surface area contributed by atoms with Gasteiger partial charge in [-0.1, -0.05) is 183 Å². The van der Waals surface area contributed by atoms with Gasteiger partial charge in [0.05, 0.1) is 0 Å². The van der Waals surface area contributed by atoms with Crippen molar-refractivity contribution >= 4 is 61.1 Å². The molecule has 0 saturated carbocycles. The third-order valence-electron chi connectivity index (χ3n) is 11.9. The van der Waals surface area contributed by atoms with Crippen LogP contribution < -0.4 is 9.80 Å². The van der Waals surface area contributed by atoms with Crippen LogP contribution in [0.3, 0.4) is 0 Å². The smallest absolute Gasteiger partial charge is 0.0468 e. The van der Waals surface area contributed by atoms with Gasteiger partial charge in [-0.15, -0.1) is 0 Å². The minimum absolute atomic E-state index is 0.228. The van der Waals surface area contributed by atoms with Gasteiger partial charge in [0.25, 0.3) is 0 Å². The molecule has 61 heavy (non-hydrogen) atoms. The van der Waals surface area contributed by atoms with E-state index in [0.29, 0.717) is 0 Å². The van der Waals surface area contributed by atoms with E-state index in [0.717, 1.165) is 34.9 Å². The summed E-state index contributed by atoms with van der Waals surface area (Å²) in [4.78, 5) is 4.80. The molecule has 0 fully saturated rings. The van der Waals surface area contributed by atoms with Crippen LogP contribution >= 0.6 is 0 Å². The molecule has 1 aliphatic carbocycles. The van der Waals surface area contributed by atoms with Crippen molar-refractivity contribution in [2.24, 2.45) is 5.92 Å². The molecule has 0 amide bonds. The maximum absolute atomic E-state index is 2.45. The molecule has 0 heterocycles. The zero-order valence-electron chi connectivity index (χ0n) is 34.3. The molecule has 0 saturated heterocycles. The molecular weight excluding hydrogens is 737 g/mol. The van der Waals surface area contributed by atoms with Gasteiger partial charge >= 0.3 is 0 Å². The number of rotatable bonds is 10. The number of anilines is 5. The van der Waals surface area contributed by atoms with E-state index in [1.807, 2.05) is 0 Å². The maximum atomic E-state index is 2.45. The topological polar surface area (TPSA) is 6.48 Å². The first kappa shape index (κ1) is 37.6. The highest BCUT2D eigenvalue weighted by molar-refractivity contribution is 6.05. The van der Waals surface area contributed by atoms with Crippen molar-refractivity contribution in [2.45, 2.75) is 13.3 Å². The molecule has 0 N–H and O–H groups in total. The standard InChI is InChI=1S/C59H46N2/c1-43-40-51(34-39-57(43)61(53-28-12-5-13-29-53)56-38-31-45-19-15-17-25-50(45)42-56)59(47-22-8-3-9-23-47)58(46-20-6-2-7-21-46)48-32-35-54(36-33-48)60(52-26-10-4-11-27-52)55-37-30-44-18-14-16-24-49(44)41-55/h2-39,41-43H,40H2,1H3/b59-58+. The quantitative estimate of drug-likeness (QED) is 0.128. The third-order valence-corrected chi connectivity index (χ3v) is 11.9. The van der Waals surface area contributed by atoms with E-state index in [1.165, 1.54) is 60.7 Å². The number of benzene rings is 9. The fraction of sp³-hybridized carbons (Fsp3) is 0.0508. The summed E-state index contributed by atoms with van der Waals surface area (Å²) >= 11 is 0. The lowest BCUT2D eigenvalue weighted by Crippen LogP contribution is -2.23. The minimum atomic E-state index is 0.228. The van der Waals surface area contributed by atoms with Crippen LogP contribution in [-0.4, -0.2) is 0 Å². The van der Waals surface area contributed by atoms with Gasteiger partial charge < -0.3 is 9.80 Å². The first-order valence-corrected chi connectivity index (χ1v) is 21.2. The van der Waals surface area contributed by atoms with Crippen LogP contribution in [0.2, 0.25) is 0 Å². The van der Waals surface area contributed by atoms with Gasteiger partial charge in [-0.2, -0.15) is 0 Å². The average molecular weight is 783 g/mol. The number of hydrogen-bond donors (Lipinski definition) is 0. The highest BCUT2D eigenvalue weighted by Gasteiger charge is 2.27. The van der Waals surface area contributed by atoms with Crippen LogP contribution in [0.1, 0.15) is 30.0 Å². The van der Waals surface area contributed by atoms with Crippen LogP contribution in [0, 0.1) is 5.92 Å². The number of hydrogen-bond acceptors (Lipinski definition) is 2. The molecule has 9 aromatic carbocycles. The van der Waals surface area contributed by atoms with Crippen molar-refractivity contribution in [1.82, 2.24) is 0 Å². The van der Waals surface area contributed by atoms with Crippen molar-refractivity contribution in [3.8, 4) is 0 Å². The summed E-state index contributed by atoms with van der Waals surface area (Å²) < 4.78 is 0. The van der Waals surface area contributed by atoms with E-state index in [-0.39, 0.29) is 5.92 Å². The van der Waals surface area contributed by atoms with Gasteiger partial charge in [0.2, 0.25) is 0 Å². The van der Waals surface area contributed by atoms with E-state index in [1.54, 1.807) is 0 Å². The van der Waals surface area contributed by atoms with Gasteiger partial charge in [0, 0.05) is 40.1 Å². The third kappa shape index (κ3) is 7.68. The van der Waals surface area contributed by atoms with E-state index < -0.39 is 0 Å².